The number of carbonyl (C=O) groups excluding carboxylic acids is 2. The first-order chi connectivity index (χ1) is 9.97. The first kappa shape index (κ1) is 14.5. The number of nitrogens with one attached hydrogen (secondary N) is 1. The Bertz CT molecular complexity index is 571. The van der Waals surface area contributed by atoms with Gasteiger partial charge in [-0.15, -0.1) is 11.3 Å². The second-order valence-electron chi connectivity index (χ2n) is 6.38. The highest BCUT2D eigenvalue weighted by Crippen LogP contribution is 2.40. The standard InChI is InChI=1S/C15H21N3O2S/c1-8-4-11(8)13(19)16-6-10-7-21-15(17-10)18(3)14(20)12-5-9(12)2/h7-9,11-12H,4-6H2,1-3H3,(H,16,19)/t8-,9-,11+,12-/m1/s1. The fourth-order valence-corrected chi connectivity index (χ4v) is 3.33. The molecule has 2 amide bonds. The fraction of sp³-hybridized carbons (Fsp3) is 0.667. The van der Waals surface area contributed by atoms with Crippen molar-refractivity contribution >= 4 is 28.3 Å². The fourth-order valence-electron chi connectivity index (χ4n) is 2.54. The lowest BCUT2D eigenvalue weighted by atomic mass is 10.3. The molecule has 21 heavy (non-hydrogen) atoms. The molecule has 4 atom stereocenters. The predicted molar refractivity (Wildman–Crippen MR) is 81.9 cm³/mol. The number of rotatable bonds is 5. The van der Waals surface area contributed by atoms with Crippen molar-refractivity contribution in [1.29, 1.82) is 0 Å². The van der Waals surface area contributed by atoms with Gasteiger partial charge in [-0.1, -0.05) is 13.8 Å². The van der Waals surface area contributed by atoms with Crippen LogP contribution in [0.3, 0.4) is 0 Å². The van der Waals surface area contributed by atoms with Gasteiger partial charge in [-0.25, -0.2) is 4.98 Å². The molecule has 1 aromatic rings. The molecular formula is C15H21N3O2S. The van der Waals surface area contributed by atoms with Crippen molar-refractivity contribution in [3.05, 3.63) is 11.1 Å². The lowest BCUT2D eigenvalue weighted by Crippen LogP contribution is -2.28. The van der Waals surface area contributed by atoms with E-state index in [0.717, 1.165) is 18.5 Å². The van der Waals surface area contributed by atoms with Gasteiger partial charge in [-0.2, -0.15) is 0 Å². The SMILES string of the molecule is C[C@@H]1C[C@@H]1C(=O)NCc1csc(N(C)C(=O)[C@@H]2C[C@H]2C)n1. The third-order valence-electron chi connectivity index (χ3n) is 4.47. The van der Waals surface area contributed by atoms with E-state index >= 15 is 0 Å². The van der Waals surface area contributed by atoms with E-state index in [1.54, 1.807) is 11.9 Å². The van der Waals surface area contributed by atoms with Crippen LogP contribution in [-0.2, 0) is 16.1 Å². The summed E-state index contributed by atoms with van der Waals surface area (Å²) in [6, 6.07) is 0. The zero-order valence-corrected chi connectivity index (χ0v) is 13.4. The van der Waals surface area contributed by atoms with Gasteiger partial charge in [0.25, 0.3) is 0 Å². The number of anilines is 1. The second-order valence-corrected chi connectivity index (χ2v) is 7.21. The van der Waals surface area contributed by atoms with Crippen LogP contribution in [0, 0.1) is 23.7 Å². The maximum absolute atomic E-state index is 12.1. The summed E-state index contributed by atoms with van der Waals surface area (Å²) in [5.41, 5.74) is 0.820. The molecule has 3 rings (SSSR count). The van der Waals surface area contributed by atoms with Crippen molar-refractivity contribution in [2.45, 2.75) is 33.2 Å². The highest BCUT2D eigenvalue weighted by atomic mass is 32.1. The van der Waals surface area contributed by atoms with Crippen LogP contribution in [0.25, 0.3) is 0 Å². The summed E-state index contributed by atoms with van der Waals surface area (Å²) in [6.45, 7) is 4.63. The van der Waals surface area contributed by atoms with Gasteiger partial charge in [0.2, 0.25) is 11.8 Å². The molecule has 2 fully saturated rings. The Morgan fingerprint density at radius 3 is 2.52 bits per heavy atom. The average molecular weight is 307 g/mol. The van der Waals surface area contributed by atoms with Crippen LogP contribution in [0.5, 0.6) is 0 Å². The van der Waals surface area contributed by atoms with Gasteiger partial charge in [-0.3, -0.25) is 14.5 Å². The van der Waals surface area contributed by atoms with E-state index in [2.05, 4.69) is 24.1 Å². The molecule has 0 unspecified atom stereocenters. The summed E-state index contributed by atoms with van der Waals surface area (Å²) in [6.07, 6.45) is 1.97. The van der Waals surface area contributed by atoms with Crippen LogP contribution in [0.15, 0.2) is 5.38 Å². The van der Waals surface area contributed by atoms with Gasteiger partial charge in [0, 0.05) is 24.3 Å². The molecule has 0 aliphatic heterocycles. The summed E-state index contributed by atoms with van der Waals surface area (Å²) in [4.78, 5) is 30.0. The molecule has 2 aliphatic rings. The molecule has 0 saturated heterocycles. The number of carbonyl (C=O) groups is 2. The summed E-state index contributed by atoms with van der Waals surface area (Å²) in [7, 11) is 1.78. The molecule has 6 heteroatoms. The topological polar surface area (TPSA) is 62.3 Å². The number of nitrogens with zero attached hydrogens (tertiary/aromatic N) is 2. The van der Waals surface area contributed by atoms with E-state index in [-0.39, 0.29) is 23.7 Å². The van der Waals surface area contributed by atoms with Crippen LogP contribution in [0.4, 0.5) is 5.13 Å². The smallest absolute Gasteiger partial charge is 0.231 e. The van der Waals surface area contributed by atoms with Crippen LogP contribution in [0.2, 0.25) is 0 Å². The normalized spacial score (nSPS) is 29.9. The quantitative estimate of drug-likeness (QED) is 0.905. The first-order valence-electron chi connectivity index (χ1n) is 7.47. The van der Waals surface area contributed by atoms with Crippen molar-refractivity contribution in [1.82, 2.24) is 10.3 Å². The molecule has 1 heterocycles. The van der Waals surface area contributed by atoms with Crippen LogP contribution in [0.1, 0.15) is 32.4 Å². The molecule has 0 bridgehead atoms. The highest BCUT2D eigenvalue weighted by molar-refractivity contribution is 7.14. The zero-order chi connectivity index (χ0) is 15.1. The van der Waals surface area contributed by atoms with E-state index in [4.69, 9.17) is 0 Å². The summed E-state index contributed by atoms with van der Waals surface area (Å²) in [5, 5.41) is 5.54. The van der Waals surface area contributed by atoms with Crippen LogP contribution < -0.4 is 10.2 Å². The summed E-state index contributed by atoms with van der Waals surface area (Å²) in [5.74, 6) is 1.63. The van der Waals surface area contributed by atoms with Gasteiger partial charge >= 0.3 is 0 Å². The molecule has 1 N–H and O–H groups in total. The maximum Gasteiger partial charge on any atom is 0.231 e. The molecule has 2 aliphatic carbocycles. The minimum atomic E-state index is 0.119. The van der Waals surface area contributed by atoms with Crippen molar-refractivity contribution in [2.24, 2.45) is 23.7 Å². The molecule has 0 spiro atoms. The first-order valence-corrected chi connectivity index (χ1v) is 8.35. The summed E-state index contributed by atoms with van der Waals surface area (Å²) >= 11 is 1.45. The molecule has 2 saturated carbocycles. The third kappa shape index (κ3) is 3.10. The van der Waals surface area contributed by atoms with Gasteiger partial charge in [-0.05, 0) is 24.7 Å². The van der Waals surface area contributed by atoms with Gasteiger partial charge < -0.3 is 5.32 Å². The predicted octanol–water partition coefficient (Wildman–Crippen LogP) is 2.03. The molecule has 1 aromatic heterocycles. The Morgan fingerprint density at radius 1 is 1.33 bits per heavy atom. The maximum atomic E-state index is 12.1. The number of hydrogen-bond acceptors (Lipinski definition) is 4. The van der Waals surface area contributed by atoms with Gasteiger partial charge in [0.05, 0.1) is 12.2 Å². The average Bonchev–Trinajstić information content (AvgIpc) is 3.31. The minimum Gasteiger partial charge on any atom is -0.350 e. The Kier molecular flexibility index (Phi) is 3.73. The Morgan fingerprint density at radius 2 is 1.95 bits per heavy atom. The largest absolute Gasteiger partial charge is 0.350 e. The Labute approximate surface area is 128 Å². The molecule has 0 aromatic carbocycles. The van der Waals surface area contributed by atoms with Crippen molar-refractivity contribution in [3.63, 3.8) is 0 Å². The van der Waals surface area contributed by atoms with Crippen LogP contribution in [-0.4, -0.2) is 23.8 Å². The van der Waals surface area contributed by atoms with Crippen LogP contribution >= 0.6 is 11.3 Å². The lowest BCUT2D eigenvalue weighted by Gasteiger charge is -2.13. The number of amides is 2. The third-order valence-corrected chi connectivity index (χ3v) is 5.44. The van der Waals surface area contributed by atoms with Crippen molar-refractivity contribution in [3.8, 4) is 0 Å². The van der Waals surface area contributed by atoms with E-state index < -0.39 is 0 Å². The van der Waals surface area contributed by atoms with Gasteiger partial charge in [0.15, 0.2) is 5.13 Å². The molecule has 0 radical (unpaired) electrons. The number of thiazole rings is 1. The van der Waals surface area contributed by atoms with E-state index in [9.17, 15) is 9.59 Å². The molecular weight excluding hydrogens is 286 g/mol. The zero-order valence-electron chi connectivity index (χ0n) is 12.6. The van der Waals surface area contributed by atoms with E-state index in [1.165, 1.54) is 11.3 Å². The minimum absolute atomic E-state index is 0.119. The lowest BCUT2D eigenvalue weighted by molar-refractivity contribution is -0.123. The number of hydrogen-bond donors (Lipinski definition) is 1. The molecule has 114 valence electrons. The van der Waals surface area contributed by atoms with Gasteiger partial charge in [0.1, 0.15) is 0 Å². The monoisotopic (exact) mass is 307 g/mol. The van der Waals surface area contributed by atoms with E-state index in [1.807, 2.05) is 5.38 Å². The van der Waals surface area contributed by atoms with Crippen molar-refractivity contribution < 1.29 is 9.59 Å². The van der Waals surface area contributed by atoms with Crippen molar-refractivity contribution in [2.75, 3.05) is 11.9 Å². The second kappa shape index (κ2) is 5.40. The Balaban J connectivity index is 1.53. The Hall–Kier alpha value is -1.43. The molecule has 5 nitrogen and oxygen atoms in total. The summed E-state index contributed by atoms with van der Waals surface area (Å²) < 4.78 is 0. The van der Waals surface area contributed by atoms with E-state index in [0.29, 0.717) is 23.5 Å². The highest BCUT2D eigenvalue weighted by Gasteiger charge is 2.41. The number of aromatic nitrogens is 1.